The van der Waals surface area contributed by atoms with E-state index in [1.165, 1.54) is 6.26 Å². The molecule has 0 spiro atoms. The number of fused-ring (bicyclic) bond motifs is 1. The van der Waals surface area contributed by atoms with Crippen molar-refractivity contribution in [1.82, 2.24) is 9.97 Å². The summed E-state index contributed by atoms with van der Waals surface area (Å²) in [5.41, 5.74) is 4.90. The van der Waals surface area contributed by atoms with Crippen LogP contribution in [0.15, 0.2) is 53.4 Å². The largest absolute Gasteiger partial charge is 0.496 e. The van der Waals surface area contributed by atoms with Crippen molar-refractivity contribution in [3.8, 4) is 11.6 Å². The molecule has 198 valence electrons. The standard InChI is InChI=1S/C30H32N2O5S/c1-4-26(33)20-12-13-21(27(17-20)36-2)18-28-31-25-15-14-24(19-8-7-11-23(16-19)38(3,34)35)29(25)30(32-28)37-22-9-5-6-10-22/h7-8,11-14,16-17,22H,4-6,9-10,15,18H2,1-3H3. The average Bonchev–Trinajstić information content (AvgIpc) is 3.58. The van der Waals surface area contributed by atoms with Crippen LogP contribution in [-0.4, -0.2) is 43.6 Å². The normalized spacial score (nSPS) is 15.3. The average molecular weight is 533 g/mol. The Labute approximate surface area is 223 Å². The van der Waals surface area contributed by atoms with Gasteiger partial charge in [0.05, 0.1) is 23.3 Å². The predicted octanol–water partition coefficient (Wildman–Crippen LogP) is 5.38. The Bertz CT molecular complexity index is 1520. The summed E-state index contributed by atoms with van der Waals surface area (Å²) in [5, 5.41) is 0. The van der Waals surface area contributed by atoms with E-state index in [4.69, 9.17) is 19.4 Å². The Hall–Kier alpha value is -3.52. The Morgan fingerprint density at radius 3 is 2.58 bits per heavy atom. The van der Waals surface area contributed by atoms with Crippen molar-refractivity contribution in [2.75, 3.05) is 13.4 Å². The van der Waals surface area contributed by atoms with Crippen molar-refractivity contribution in [1.29, 1.82) is 0 Å². The monoisotopic (exact) mass is 532 g/mol. The van der Waals surface area contributed by atoms with E-state index in [0.29, 0.717) is 42.3 Å². The molecule has 2 aromatic carbocycles. The fraction of sp³-hybridized carbons (Fsp3) is 0.367. The fourth-order valence-corrected chi connectivity index (χ4v) is 5.84. The molecule has 0 aliphatic heterocycles. The van der Waals surface area contributed by atoms with E-state index in [0.717, 1.165) is 53.6 Å². The number of carbonyl (C=O) groups is 1. The van der Waals surface area contributed by atoms with E-state index in [2.05, 4.69) is 6.08 Å². The summed E-state index contributed by atoms with van der Waals surface area (Å²) in [5.74, 6) is 1.85. The van der Waals surface area contributed by atoms with Gasteiger partial charge in [-0.2, -0.15) is 4.98 Å². The molecule has 3 aromatic rings. The highest BCUT2D eigenvalue weighted by atomic mass is 32.2. The molecule has 38 heavy (non-hydrogen) atoms. The van der Waals surface area contributed by atoms with Crippen molar-refractivity contribution in [3.63, 3.8) is 0 Å². The zero-order valence-electron chi connectivity index (χ0n) is 22.0. The molecule has 0 radical (unpaired) electrons. The Balaban J connectivity index is 1.53. The number of sulfone groups is 1. The summed E-state index contributed by atoms with van der Waals surface area (Å²) < 4.78 is 36.5. The number of nitrogens with zero attached hydrogens (tertiary/aromatic N) is 2. The highest BCUT2D eigenvalue weighted by Crippen LogP contribution is 2.39. The SMILES string of the molecule is CCC(=O)c1ccc(Cc2nc3c(c(OC4CCCC4)n2)C(c2cccc(S(C)(=O)=O)c2)=CC3)c(OC)c1. The highest BCUT2D eigenvalue weighted by molar-refractivity contribution is 7.90. The molecule has 2 aliphatic carbocycles. The van der Waals surface area contributed by atoms with Gasteiger partial charge in [-0.05, 0) is 55.0 Å². The Morgan fingerprint density at radius 2 is 1.87 bits per heavy atom. The van der Waals surface area contributed by atoms with Crippen molar-refractivity contribution >= 4 is 21.2 Å². The molecule has 0 amide bonds. The van der Waals surface area contributed by atoms with E-state index in [9.17, 15) is 13.2 Å². The van der Waals surface area contributed by atoms with Gasteiger partial charge in [-0.1, -0.05) is 37.3 Å². The number of ether oxygens (including phenoxy) is 2. The number of allylic oxidation sites excluding steroid dienone is 1. The molecule has 8 heteroatoms. The lowest BCUT2D eigenvalue weighted by Crippen LogP contribution is -2.15. The molecular formula is C30H32N2O5S. The zero-order chi connectivity index (χ0) is 26.9. The van der Waals surface area contributed by atoms with Crippen LogP contribution >= 0.6 is 0 Å². The first-order chi connectivity index (χ1) is 18.3. The summed E-state index contributed by atoms with van der Waals surface area (Å²) in [6, 6.07) is 12.5. The molecular weight excluding hydrogens is 500 g/mol. The molecule has 2 aliphatic rings. The number of rotatable bonds is 9. The summed E-state index contributed by atoms with van der Waals surface area (Å²) in [6.07, 6.45) is 9.07. The van der Waals surface area contributed by atoms with Crippen LogP contribution in [0.3, 0.4) is 0 Å². The highest BCUT2D eigenvalue weighted by Gasteiger charge is 2.28. The number of methoxy groups -OCH3 is 1. The minimum Gasteiger partial charge on any atom is -0.496 e. The van der Waals surface area contributed by atoms with Crippen molar-refractivity contribution in [2.45, 2.75) is 62.9 Å². The maximum absolute atomic E-state index is 12.2. The van der Waals surface area contributed by atoms with Gasteiger partial charge in [-0.15, -0.1) is 0 Å². The smallest absolute Gasteiger partial charge is 0.225 e. The van der Waals surface area contributed by atoms with Crippen LogP contribution in [0.2, 0.25) is 0 Å². The summed E-state index contributed by atoms with van der Waals surface area (Å²) >= 11 is 0. The van der Waals surface area contributed by atoms with E-state index in [1.807, 2.05) is 25.1 Å². The van der Waals surface area contributed by atoms with Crippen LogP contribution in [0.5, 0.6) is 11.6 Å². The van der Waals surface area contributed by atoms with Crippen LogP contribution in [-0.2, 0) is 22.7 Å². The molecule has 0 N–H and O–H groups in total. The maximum Gasteiger partial charge on any atom is 0.225 e. The first-order valence-corrected chi connectivity index (χ1v) is 14.9. The Morgan fingerprint density at radius 1 is 1.08 bits per heavy atom. The number of Topliss-reactive ketones (excluding diaryl/α,β-unsaturated/α-hetero) is 1. The lowest BCUT2D eigenvalue weighted by molar-refractivity contribution is 0.0987. The minimum absolute atomic E-state index is 0.0643. The first-order valence-electron chi connectivity index (χ1n) is 13.0. The molecule has 0 atom stereocenters. The molecule has 0 unspecified atom stereocenters. The van der Waals surface area contributed by atoms with Gasteiger partial charge in [-0.3, -0.25) is 4.79 Å². The van der Waals surface area contributed by atoms with Crippen molar-refractivity contribution in [3.05, 3.63) is 82.3 Å². The molecule has 1 aromatic heterocycles. The number of carbonyl (C=O) groups excluding carboxylic acids is 1. The summed E-state index contributed by atoms with van der Waals surface area (Å²) in [4.78, 5) is 22.2. The third kappa shape index (κ3) is 5.36. The van der Waals surface area contributed by atoms with E-state index in [1.54, 1.807) is 31.4 Å². The summed E-state index contributed by atoms with van der Waals surface area (Å²) in [7, 11) is -1.75. The van der Waals surface area contributed by atoms with Gasteiger partial charge in [0.25, 0.3) is 0 Å². The van der Waals surface area contributed by atoms with Gasteiger partial charge < -0.3 is 9.47 Å². The van der Waals surface area contributed by atoms with E-state index < -0.39 is 9.84 Å². The third-order valence-electron chi connectivity index (χ3n) is 7.20. The Kier molecular flexibility index (Phi) is 7.34. The second kappa shape index (κ2) is 10.7. The lowest BCUT2D eigenvalue weighted by Gasteiger charge is -2.18. The van der Waals surface area contributed by atoms with Crippen molar-refractivity contribution < 1.29 is 22.7 Å². The fourth-order valence-electron chi connectivity index (χ4n) is 5.18. The topological polar surface area (TPSA) is 95.5 Å². The predicted molar refractivity (Wildman–Crippen MR) is 146 cm³/mol. The van der Waals surface area contributed by atoms with E-state index in [-0.39, 0.29) is 16.8 Å². The van der Waals surface area contributed by atoms with Crippen molar-refractivity contribution in [2.24, 2.45) is 0 Å². The molecule has 1 heterocycles. The molecule has 5 rings (SSSR count). The van der Waals surface area contributed by atoms with Crippen LogP contribution in [0.4, 0.5) is 0 Å². The van der Waals surface area contributed by atoms with Gasteiger partial charge in [0.2, 0.25) is 5.88 Å². The minimum atomic E-state index is -3.34. The molecule has 0 saturated heterocycles. The first kappa shape index (κ1) is 26.1. The van der Waals surface area contributed by atoms with Crippen LogP contribution in [0.25, 0.3) is 5.57 Å². The van der Waals surface area contributed by atoms with Gasteiger partial charge >= 0.3 is 0 Å². The maximum atomic E-state index is 12.2. The van der Waals surface area contributed by atoms with Crippen LogP contribution in [0.1, 0.15) is 77.6 Å². The molecule has 7 nitrogen and oxygen atoms in total. The second-order valence-corrected chi connectivity index (χ2v) is 11.9. The van der Waals surface area contributed by atoms with Gasteiger partial charge in [-0.25, -0.2) is 13.4 Å². The molecule has 1 fully saturated rings. The lowest BCUT2D eigenvalue weighted by atomic mass is 10.0. The number of ketones is 1. The number of benzene rings is 2. The number of hydrogen-bond acceptors (Lipinski definition) is 7. The number of aromatic nitrogens is 2. The summed E-state index contributed by atoms with van der Waals surface area (Å²) in [6.45, 7) is 1.84. The van der Waals surface area contributed by atoms with Gasteiger partial charge in [0.1, 0.15) is 17.7 Å². The zero-order valence-corrected chi connectivity index (χ0v) is 22.8. The number of hydrogen-bond donors (Lipinski definition) is 0. The van der Waals surface area contributed by atoms with E-state index >= 15 is 0 Å². The third-order valence-corrected chi connectivity index (χ3v) is 8.31. The second-order valence-electron chi connectivity index (χ2n) is 9.89. The van der Waals surface area contributed by atoms with Crippen LogP contribution in [0, 0.1) is 0 Å². The molecule has 0 bridgehead atoms. The molecule has 1 saturated carbocycles. The quantitative estimate of drug-likeness (QED) is 0.341. The van der Waals surface area contributed by atoms with Crippen LogP contribution < -0.4 is 9.47 Å². The van der Waals surface area contributed by atoms with Gasteiger partial charge in [0, 0.05) is 36.6 Å². The van der Waals surface area contributed by atoms with Gasteiger partial charge in [0.15, 0.2) is 15.6 Å².